The van der Waals surface area contributed by atoms with Crippen LogP contribution in [-0.4, -0.2) is 0 Å². The summed E-state index contributed by atoms with van der Waals surface area (Å²) in [7, 11) is 0. The second-order valence-corrected chi connectivity index (χ2v) is 6.42. The monoisotopic (exact) mass is 222 g/mol. The Labute approximate surface area is 103 Å². The molecule has 0 heterocycles. The third-order valence-corrected chi connectivity index (χ3v) is 5.09. The van der Waals surface area contributed by atoms with E-state index in [0.717, 1.165) is 0 Å². The molecule has 1 saturated carbocycles. The Morgan fingerprint density at radius 3 is 1.44 bits per heavy atom. The molecule has 2 aliphatic rings. The fourth-order valence-corrected chi connectivity index (χ4v) is 4.01. The molecule has 0 aromatic carbocycles. The first-order valence-electron chi connectivity index (χ1n) is 7.12. The summed E-state index contributed by atoms with van der Waals surface area (Å²) >= 11 is 0. The first-order chi connectivity index (χ1) is 7.41. The molecule has 94 valence electrons. The molecule has 1 fully saturated rings. The van der Waals surface area contributed by atoms with Crippen molar-refractivity contribution in [3.63, 3.8) is 0 Å². The highest BCUT2D eigenvalue weighted by molar-refractivity contribution is 5.23. The fraction of sp³-hybridized carbons (Fsp3) is 0.875. The maximum atomic E-state index is 2.47. The number of hydrogen-bond acceptors (Lipinski definition) is 0. The lowest BCUT2D eigenvalue weighted by Crippen LogP contribution is -2.44. The molecule has 0 atom stereocenters. The molecule has 16 heavy (non-hydrogen) atoms. The van der Waals surface area contributed by atoms with Crippen molar-refractivity contribution in [3.8, 4) is 0 Å². The summed E-state index contributed by atoms with van der Waals surface area (Å²) in [5, 5.41) is 0. The van der Waals surface area contributed by atoms with Crippen LogP contribution < -0.4 is 0 Å². The zero-order valence-corrected chi connectivity index (χ0v) is 12.2. The maximum absolute atomic E-state index is 2.47. The van der Waals surface area contributed by atoms with E-state index in [1.807, 2.05) is 13.8 Å². The number of hydrogen-bond donors (Lipinski definition) is 0. The van der Waals surface area contributed by atoms with Gasteiger partial charge in [0.05, 0.1) is 0 Å². The molecular formula is C16H30. The molecule has 1 spiro atoms. The first-order valence-corrected chi connectivity index (χ1v) is 7.12. The predicted molar refractivity (Wildman–Crippen MR) is 73.6 cm³/mol. The second-order valence-electron chi connectivity index (χ2n) is 6.42. The molecule has 2 aliphatic carbocycles. The van der Waals surface area contributed by atoms with Gasteiger partial charge in [-0.15, -0.1) is 0 Å². The van der Waals surface area contributed by atoms with Crippen molar-refractivity contribution >= 4 is 0 Å². The van der Waals surface area contributed by atoms with Crippen LogP contribution in [0.4, 0.5) is 0 Å². The third-order valence-electron chi connectivity index (χ3n) is 5.09. The van der Waals surface area contributed by atoms with Gasteiger partial charge in [-0.25, -0.2) is 0 Å². The van der Waals surface area contributed by atoms with Gasteiger partial charge in [0.1, 0.15) is 0 Å². The van der Waals surface area contributed by atoms with Crippen molar-refractivity contribution in [1.82, 2.24) is 0 Å². The summed E-state index contributed by atoms with van der Waals surface area (Å²) in [6.07, 6.45) is 12.1. The standard InChI is InChI=1S/C14H24.C2H6/c1-12(2)10-11-13(3,4)14(12)8-6-5-7-9-14;1-2/h10-11H,5-9H2,1-4H3;1-2H3. The van der Waals surface area contributed by atoms with Crippen molar-refractivity contribution in [3.05, 3.63) is 12.2 Å². The zero-order valence-electron chi connectivity index (χ0n) is 12.2. The van der Waals surface area contributed by atoms with Crippen LogP contribution in [0, 0.1) is 16.2 Å². The molecule has 0 bridgehead atoms. The topological polar surface area (TPSA) is 0 Å². The third kappa shape index (κ3) is 1.85. The van der Waals surface area contributed by atoms with Crippen LogP contribution in [0.2, 0.25) is 0 Å². The van der Waals surface area contributed by atoms with Gasteiger partial charge < -0.3 is 0 Å². The van der Waals surface area contributed by atoms with Crippen molar-refractivity contribution in [2.45, 2.75) is 73.6 Å². The number of rotatable bonds is 0. The van der Waals surface area contributed by atoms with E-state index in [-0.39, 0.29) is 0 Å². The lowest BCUT2D eigenvalue weighted by Gasteiger charge is -2.52. The largest absolute Gasteiger partial charge is 0.0817 e. The molecule has 0 aromatic heterocycles. The van der Waals surface area contributed by atoms with Crippen LogP contribution in [-0.2, 0) is 0 Å². The average molecular weight is 222 g/mol. The molecule has 2 rings (SSSR count). The lowest BCUT2D eigenvalue weighted by molar-refractivity contribution is -0.0118. The van der Waals surface area contributed by atoms with Gasteiger partial charge in [-0.3, -0.25) is 0 Å². The SMILES string of the molecule is CC.CC1(C)C=CC(C)(C)C12CCCCC2. The van der Waals surface area contributed by atoms with Crippen LogP contribution in [0.5, 0.6) is 0 Å². The van der Waals surface area contributed by atoms with Gasteiger partial charge in [0.25, 0.3) is 0 Å². The van der Waals surface area contributed by atoms with E-state index in [1.54, 1.807) is 0 Å². The minimum Gasteiger partial charge on any atom is -0.0817 e. The lowest BCUT2D eigenvalue weighted by atomic mass is 9.52. The normalized spacial score (nSPS) is 28.6. The molecule has 0 saturated heterocycles. The minimum atomic E-state index is 0.414. The van der Waals surface area contributed by atoms with E-state index in [4.69, 9.17) is 0 Å². The Morgan fingerprint density at radius 2 is 1.06 bits per heavy atom. The Hall–Kier alpha value is -0.260. The molecule has 0 unspecified atom stereocenters. The highest BCUT2D eigenvalue weighted by Crippen LogP contribution is 2.64. The van der Waals surface area contributed by atoms with Crippen LogP contribution >= 0.6 is 0 Å². The molecule has 0 aliphatic heterocycles. The van der Waals surface area contributed by atoms with Gasteiger partial charge in [-0.1, -0.05) is 73.0 Å². The van der Waals surface area contributed by atoms with Crippen molar-refractivity contribution < 1.29 is 0 Å². The predicted octanol–water partition coefficient (Wildman–Crippen LogP) is 5.59. The summed E-state index contributed by atoms with van der Waals surface area (Å²) in [5.41, 5.74) is 1.38. The van der Waals surface area contributed by atoms with E-state index in [0.29, 0.717) is 16.2 Å². The molecule has 0 radical (unpaired) electrons. The zero-order chi connectivity index (χ0) is 12.4. The fourth-order valence-electron chi connectivity index (χ4n) is 4.01. The van der Waals surface area contributed by atoms with Crippen molar-refractivity contribution in [2.24, 2.45) is 16.2 Å². The Balaban J connectivity index is 0.000000606. The highest BCUT2D eigenvalue weighted by Gasteiger charge is 2.55. The van der Waals surface area contributed by atoms with Gasteiger partial charge >= 0.3 is 0 Å². The van der Waals surface area contributed by atoms with Crippen LogP contribution in [0.1, 0.15) is 73.6 Å². The Morgan fingerprint density at radius 1 is 0.688 bits per heavy atom. The van der Waals surface area contributed by atoms with Gasteiger partial charge in [0.2, 0.25) is 0 Å². The molecule has 0 heteroatoms. The van der Waals surface area contributed by atoms with E-state index in [1.165, 1.54) is 32.1 Å². The maximum Gasteiger partial charge on any atom is -0.0110 e. The summed E-state index contributed by atoms with van der Waals surface area (Å²) in [6, 6.07) is 0. The average Bonchev–Trinajstić information content (AvgIpc) is 2.45. The molecule has 0 amide bonds. The quantitative estimate of drug-likeness (QED) is 0.469. The molecular weight excluding hydrogens is 192 g/mol. The van der Waals surface area contributed by atoms with Gasteiger partial charge in [-0.05, 0) is 29.1 Å². The summed E-state index contributed by atoms with van der Waals surface area (Å²) in [6.45, 7) is 13.7. The van der Waals surface area contributed by atoms with Gasteiger partial charge in [0, 0.05) is 0 Å². The van der Waals surface area contributed by atoms with Gasteiger partial charge in [0.15, 0.2) is 0 Å². The van der Waals surface area contributed by atoms with Crippen LogP contribution in [0.3, 0.4) is 0 Å². The smallest absolute Gasteiger partial charge is 0.0110 e. The van der Waals surface area contributed by atoms with E-state index < -0.39 is 0 Å². The summed E-state index contributed by atoms with van der Waals surface area (Å²) < 4.78 is 0. The number of allylic oxidation sites excluding steroid dienone is 2. The molecule has 0 nitrogen and oxygen atoms in total. The first kappa shape index (κ1) is 13.8. The summed E-state index contributed by atoms with van der Waals surface area (Å²) in [4.78, 5) is 0. The Kier molecular flexibility index (Phi) is 3.92. The summed E-state index contributed by atoms with van der Waals surface area (Å²) in [5.74, 6) is 0. The van der Waals surface area contributed by atoms with Crippen molar-refractivity contribution in [1.29, 1.82) is 0 Å². The van der Waals surface area contributed by atoms with E-state index in [9.17, 15) is 0 Å². The Bertz CT molecular complexity index is 229. The second kappa shape index (κ2) is 4.55. The van der Waals surface area contributed by atoms with E-state index in [2.05, 4.69) is 39.8 Å². The van der Waals surface area contributed by atoms with Crippen LogP contribution in [0.15, 0.2) is 12.2 Å². The highest BCUT2D eigenvalue weighted by atomic mass is 14.6. The molecule has 0 N–H and O–H groups in total. The molecule has 0 aromatic rings. The van der Waals surface area contributed by atoms with Gasteiger partial charge in [-0.2, -0.15) is 0 Å². The van der Waals surface area contributed by atoms with Crippen LogP contribution in [0.25, 0.3) is 0 Å². The minimum absolute atomic E-state index is 0.414. The van der Waals surface area contributed by atoms with E-state index >= 15 is 0 Å². The van der Waals surface area contributed by atoms with Crippen molar-refractivity contribution in [2.75, 3.05) is 0 Å².